The van der Waals surface area contributed by atoms with Crippen molar-refractivity contribution in [2.45, 2.75) is 0 Å². The zero-order chi connectivity index (χ0) is 15.4. The molecule has 2 rings (SSSR count). The van der Waals surface area contributed by atoms with Crippen LogP contribution >= 0.6 is 11.6 Å². The fraction of sp³-hybridized carbons (Fsp3) is 0.0667. The molecule has 21 heavy (non-hydrogen) atoms. The standard InChI is InChI=1S/C15H12ClNO4/c1-21-13-8-9(16)6-7-11(13)14(18)17-12-5-3-2-4-10(12)15(19)20/h2-8H,1H3,(H,17,18)(H,19,20). The number of benzene rings is 2. The lowest BCUT2D eigenvalue weighted by molar-refractivity contribution is 0.0698. The molecule has 0 saturated heterocycles. The van der Waals surface area contributed by atoms with Crippen molar-refractivity contribution in [2.24, 2.45) is 0 Å². The van der Waals surface area contributed by atoms with E-state index in [4.69, 9.17) is 21.4 Å². The van der Waals surface area contributed by atoms with Crippen LogP contribution in [0.1, 0.15) is 20.7 Å². The summed E-state index contributed by atoms with van der Waals surface area (Å²) >= 11 is 5.84. The van der Waals surface area contributed by atoms with Crippen LogP contribution in [0.4, 0.5) is 5.69 Å². The number of rotatable bonds is 4. The average molecular weight is 306 g/mol. The van der Waals surface area contributed by atoms with Crippen molar-refractivity contribution in [3.05, 3.63) is 58.6 Å². The van der Waals surface area contributed by atoms with E-state index in [0.29, 0.717) is 10.8 Å². The van der Waals surface area contributed by atoms with Crippen LogP contribution in [0.15, 0.2) is 42.5 Å². The van der Waals surface area contributed by atoms with E-state index in [1.807, 2.05) is 0 Å². The molecule has 0 aromatic heterocycles. The molecule has 2 aromatic rings. The summed E-state index contributed by atoms with van der Waals surface area (Å²) in [5.41, 5.74) is 0.493. The van der Waals surface area contributed by atoms with Gasteiger partial charge >= 0.3 is 5.97 Å². The van der Waals surface area contributed by atoms with Gasteiger partial charge in [0.1, 0.15) is 5.75 Å². The number of carboxylic acids is 1. The lowest BCUT2D eigenvalue weighted by atomic mass is 10.1. The van der Waals surface area contributed by atoms with Crippen LogP contribution in [0.5, 0.6) is 5.75 Å². The molecule has 0 aliphatic heterocycles. The third kappa shape index (κ3) is 3.32. The maximum Gasteiger partial charge on any atom is 0.337 e. The minimum absolute atomic E-state index is 0.0128. The van der Waals surface area contributed by atoms with Gasteiger partial charge in [0.25, 0.3) is 5.91 Å². The first-order valence-electron chi connectivity index (χ1n) is 6.00. The third-order valence-corrected chi connectivity index (χ3v) is 3.05. The predicted octanol–water partition coefficient (Wildman–Crippen LogP) is 3.30. The highest BCUT2D eigenvalue weighted by Gasteiger charge is 2.16. The van der Waals surface area contributed by atoms with E-state index in [2.05, 4.69) is 5.32 Å². The Morgan fingerprint density at radius 3 is 2.52 bits per heavy atom. The summed E-state index contributed by atoms with van der Waals surface area (Å²) in [6.45, 7) is 0. The molecule has 0 saturated carbocycles. The van der Waals surface area contributed by atoms with Gasteiger partial charge in [-0.25, -0.2) is 4.79 Å². The number of para-hydroxylation sites is 1. The smallest absolute Gasteiger partial charge is 0.337 e. The van der Waals surface area contributed by atoms with Gasteiger partial charge in [-0.1, -0.05) is 23.7 Å². The summed E-state index contributed by atoms with van der Waals surface area (Å²) in [7, 11) is 1.42. The molecular formula is C15H12ClNO4. The molecule has 0 spiro atoms. The molecule has 2 N–H and O–H groups in total. The second-order valence-corrected chi connectivity index (χ2v) is 4.59. The molecule has 0 aliphatic carbocycles. The largest absolute Gasteiger partial charge is 0.496 e. The zero-order valence-electron chi connectivity index (χ0n) is 11.1. The van der Waals surface area contributed by atoms with Gasteiger partial charge in [0.15, 0.2) is 0 Å². The van der Waals surface area contributed by atoms with Crippen LogP contribution in [-0.4, -0.2) is 24.1 Å². The van der Waals surface area contributed by atoms with Crippen molar-refractivity contribution < 1.29 is 19.4 Å². The van der Waals surface area contributed by atoms with Crippen molar-refractivity contribution >= 4 is 29.2 Å². The Balaban J connectivity index is 2.33. The monoisotopic (exact) mass is 305 g/mol. The van der Waals surface area contributed by atoms with Gasteiger partial charge in [0.05, 0.1) is 23.9 Å². The number of amides is 1. The molecule has 2 aromatic carbocycles. The van der Waals surface area contributed by atoms with Gasteiger partial charge in [0.2, 0.25) is 0 Å². The van der Waals surface area contributed by atoms with Gasteiger partial charge in [0, 0.05) is 5.02 Å². The van der Waals surface area contributed by atoms with Gasteiger partial charge < -0.3 is 15.2 Å². The molecule has 0 unspecified atom stereocenters. The number of carbonyl (C=O) groups excluding carboxylic acids is 1. The highest BCUT2D eigenvalue weighted by molar-refractivity contribution is 6.31. The van der Waals surface area contributed by atoms with Crippen molar-refractivity contribution in [3.8, 4) is 5.75 Å². The zero-order valence-corrected chi connectivity index (χ0v) is 11.8. The van der Waals surface area contributed by atoms with Gasteiger partial charge in [-0.15, -0.1) is 0 Å². The topological polar surface area (TPSA) is 75.6 Å². The summed E-state index contributed by atoms with van der Waals surface area (Å²) in [6.07, 6.45) is 0. The summed E-state index contributed by atoms with van der Waals surface area (Å²) in [4.78, 5) is 23.4. The molecular weight excluding hydrogens is 294 g/mol. The summed E-state index contributed by atoms with van der Waals surface area (Å²) in [6, 6.07) is 10.7. The van der Waals surface area contributed by atoms with E-state index in [9.17, 15) is 9.59 Å². The van der Waals surface area contributed by atoms with Crippen LogP contribution in [0.3, 0.4) is 0 Å². The number of hydrogen-bond donors (Lipinski definition) is 2. The van der Waals surface area contributed by atoms with Crippen LogP contribution < -0.4 is 10.1 Å². The first kappa shape index (κ1) is 14.9. The Bertz CT molecular complexity index is 700. The number of halogens is 1. The Morgan fingerprint density at radius 2 is 1.86 bits per heavy atom. The van der Waals surface area contributed by atoms with Gasteiger partial charge in [-0.2, -0.15) is 0 Å². The molecule has 0 fully saturated rings. The lowest BCUT2D eigenvalue weighted by Gasteiger charge is -2.11. The van der Waals surface area contributed by atoms with Crippen LogP contribution in [-0.2, 0) is 0 Å². The van der Waals surface area contributed by atoms with Gasteiger partial charge in [-0.3, -0.25) is 4.79 Å². The van der Waals surface area contributed by atoms with Crippen LogP contribution in [0.2, 0.25) is 5.02 Å². The van der Waals surface area contributed by atoms with E-state index < -0.39 is 11.9 Å². The molecule has 0 heterocycles. The summed E-state index contributed by atoms with van der Waals surface area (Å²) < 4.78 is 5.10. The fourth-order valence-electron chi connectivity index (χ4n) is 1.82. The molecule has 0 bridgehead atoms. The van der Waals surface area contributed by atoms with E-state index >= 15 is 0 Å². The number of anilines is 1. The molecule has 108 valence electrons. The predicted molar refractivity (Wildman–Crippen MR) is 79.4 cm³/mol. The normalized spacial score (nSPS) is 10.0. The number of nitrogens with one attached hydrogen (secondary N) is 1. The highest BCUT2D eigenvalue weighted by atomic mass is 35.5. The second-order valence-electron chi connectivity index (χ2n) is 4.15. The highest BCUT2D eigenvalue weighted by Crippen LogP contribution is 2.24. The van der Waals surface area contributed by atoms with Crippen LogP contribution in [0, 0.1) is 0 Å². The van der Waals surface area contributed by atoms with E-state index in [1.54, 1.807) is 18.2 Å². The van der Waals surface area contributed by atoms with E-state index in [0.717, 1.165) is 0 Å². The van der Waals surface area contributed by atoms with Crippen molar-refractivity contribution in [3.63, 3.8) is 0 Å². The number of ether oxygens (including phenoxy) is 1. The molecule has 0 radical (unpaired) electrons. The Morgan fingerprint density at radius 1 is 1.14 bits per heavy atom. The van der Waals surface area contributed by atoms with E-state index in [-0.39, 0.29) is 16.8 Å². The van der Waals surface area contributed by atoms with Crippen molar-refractivity contribution in [2.75, 3.05) is 12.4 Å². The first-order valence-corrected chi connectivity index (χ1v) is 6.38. The maximum absolute atomic E-state index is 12.3. The minimum atomic E-state index is -1.12. The minimum Gasteiger partial charge on any atom is -0.496 e. The van der Waals surface area contributed by atoms with Crippen molar-refractivity contribution in [1.82, 2.24) is 0 Å². The Labute approximate surface area is 126 Å². The number of methoxy groups -OCH3 is 1. The Kier molecular flexibility index (Phi) is 4.45. The summed E-state index contributed by atoms with van der Waals surface area (Å²) in [5.74, 6) is -1.28. The number of carbonyl (C=O) groups is 2. The van der Waals surface area contributed by atoms with Crippen LogP contribution in [0.25, 0.3) is 0 Å². The summed E-state index contributed by atoms with van der Waals surface area (Å²) in [5, 5.41) is 12.1. The quantitative estimate of drug-likeness (QED) is 0.908. The lowest BCUT2D eigenvalue weighted by Crippen LogP contribution is -2.15. The first-order chi connectivity index (χ1) is 10.0. The van der Waals surface area contributed by atoms with Crippen molar-refractivity contribution in [1.29, 1.82) is 0 Å². The average Bonchev–Trinajstić information content (AvgIpc) is 2.47. The third-order valence-electron chi connectivity index (χ3n) is 2.81. The number of aromatic carboxylic acids is 1. The molecule has 0 aliphatic rings. The molecule has 0 atom stereocenters. The molecule has 1 amide bonds. The SMILES string of the molecule is COc1cc(Cl)ccc1C(=O)Nc1ccccc1C(=O)O. The maximum atomic E-state index is 12.3. The molecule has 5 nitrogen and oxygen atoms in total. The Hall–Kier alpha value is -2.53. The van der Waals surface area contributed by atoms with Gasteiger partial charge in [-0.05, 0) is 30.3 Å². The number of hydrogen-bond acceptors (Lipinski definition) is 3. The molecule has 6 heteroatoms. The number of carboxylic acid groups (broad SMARTS) is 1. The van der Waals surface area contributed by atoms with E-state index in [1.165, 1.54) is 31.4 Å². The second kappa shape index (κ2) is 6.28. The fourth-order valence-corrected chi connectivity index (χ4v) is 1.98.